The molecule has 0 bridgehead atoms. The standard InChI is InChI=1S/C7H3ClN4O3/c8-4-1-2-5(7(13)10-11-9)6(3-4)12(14)15/h1-3H. The van der Waals surface area contributed by atoms with Gasteiger partial charge in [0, 0.05) is 16.0 Å². The third-order valence-corrected chi connectivity index (χ3v) is 1.76. The summed E-state index contributed by atoms with van der Waals surface area (Å²) >= 11 is 5.52. The molecular formula is C7H3ClN4O3. The molecule has 7 nitrogen and oxygen atoms in total. The Bertz CT molecular complexity index is 481. The van der Waals surface area contributed by atoms with Crippen molar-refractivity contribution in [2.24, 2.45) is 5.11 Å². The van der Waals surface area contributed by atoms with E-state index in [9.17, 15) is 14.9 Å². The molecule has 0 N–H and O–H groups in total. The number of nitro groups is 1. The van der Waals surface area contributed by atoms with Crippen molar-refractivity contribution in [2.45, 2.75) is 0 Å². The number of hydrogen-bond acceptors (Lipinski definition) is 3. The van der Waals surface area contributed by atoms with E-state index < -0.39 is 16.5 Å². The Balaban J connectivity index is 3.34. The fraction of sp³-hybridized carbons (Fsp3) is 0. The number of azide groups is 1. The first-order valence-corrected chi connectivity index (χ1v) is 3.97. The maximum atomic E-state index is 11.1. The van der Waals surface area contributed by atoms with Gasteiger partial charge in [-0.1, -0.05) is 11.6 Å². The van der Waals surface area contributed by atoms with E-state index in [0.29, 0.717) is 0 Å². The normalized spacial score (nSPS) is 9.13. The number of carbonyl (C=O) groups excluding carboxylic acids is 1. The molecule has 76 valence electrons. The number of rotatable bonds is 2. The third kappa shape index (κ3) is 2.43. The quantitative estimate of drug-likeness (QED) is 0.254. The number of nitrogens with zero attached hydrogens (tertiary/aromatic N) is 4. The van der Waals surface area contributed by atoms with Gasteiger partial charge in [0.1, 0.15) is 5.56 Å². The number of nitro benzene ring substituents is 1. The minimum atomic E-state index is -1.01. The van der Waals surface area contributed by atoms with Crippen LogP contribution in [0.3, 0.4) is 0 Å². The van der Waals surface area contributed by atoms with Crippen molar-refractivity contribution in [3.63, 3.8) is 0 Å². The highest BCUT2D eigenvalue weighted by Crippen LogP contribution is 2.23. The van der Waals surface area contributed by atoms with Gasteiger partial charge in [0.15, 0.2) is 0 Å². The first-order valence-electron chi connectivity index (χ1n) is 3.59. The second kappa shape index (κ2) is 4.41. The highest BCUT2D eigenvalue weighted by molar-refractivity contribution is 6.31. The molecule has 0 radical (unpaired) electrons. The minimum Gasteiger partial charge on any atom is -0.287 e. The largest absolute Gasteiger partial charge is 0.287 e. The predicted octanol–water partition coefficient (Wildman–Crippen LogP) is 2.70. The van der Waals surface area contributed by atoms with Gasteiger partial charge in [0.05, 0.1) is 4.92 Å². The van der Waals surface area contributed by atoms with Gasteiger partial charge in [0.25, 0.3) is 11.6 Å². The second-order valence-electron chi connectivity index (χ2n) is 2.41. The molecule has 0 aliphatic carbocycles. The van der Waals surface area contributed by atoms with Gasteiger partial charge >= 0.3 is 0 Å². The highest BCUT2D eigenvalue weighted by atomic mass is 35.5. The number of hydrogen-bond donors (Lipinski definition) is 0. The van der Waals surface area contributed by atoms with Crippen LogP contribution in [0.4, 0.5) is 5.69 Å². The zero-order valence-electron chi connectivity index (χ0n) is 7.12. The van der Waals surface area contributed by atoms with Crippen LogP contribution in [0.2, 0.25) is 5.02 Å². The SMILES string of the molecule is [N-]=[N+]=NC(=O)c1ccc(Cl)cc1[N+](=O)[O-]. The summed E-state index contributed by atoms with van der Waals surface area (Å²) in [6.45, 7) is 0. The monoisotopic (exact) mass is 226 g/mol. The molecule has 1 aromatic rings. The molecule has 0 atom stereocenters. The molecule has 1 amide bonds. The van der Waals surface area contributed by atoms with Crippen LogP contribution in [0, 0.1) is 10.1 Å². The van der Waals surface area contributed by atoms with E-state index in [2.05, 4.69) is 10.0 Å². The topological polar surface area (TPSA) is 109 Å². The lowest BCUT2D eigenvalue weighted by atomic mass is 10.2. The zero-order valence-corrected chi connectivity index (χ0v) is 7.88. The van der Waals surface area contributed by atoms with Crippen molar-refractivity contribution in [1.29, 1.82) is 0 Å². The molecule has 0 fully saturated rings. The predicted molar refractivity (Wildman–Crippen MR) is 51.6 cm³/mol. The summed E-state index contributed by atoms with van der Waals surface area (Å²) < 4.78 is 0. The van der Waals surface area contributed by atoms with Crippen molar-refractivity contribution in [3.8, 4) is 0 Å². The Kier molecular flexibility index (Phi) is 3.22. The second-order valence-corrected chi connectivity index (χ2v) is 2.85. The van der Waals surface area contributed by atoms with Crippen molar-refractivity contribution >= 4 is 23.2 Å². The van der Waals surface area contributed by atoms with Crippen LogP contribution in [0.15, 0.2) is 23.3 Å². The fourth-order valence-electron chi connectivity index (χ4n) is 0.931. The summed E-state index contributed by atoms with van der Waals surface area (Å²) in [5, 5.41) is 13.4. The van der Waals surface area contributed by atoms with Gasteiger partial charge in [-0.25, -0.2) is 0 Å². The van der Waals surface area contributed by atoms with E-state index in [1.807, 2.05) is 0 Å². The van der Waals surface area contributed by atoms with Crippen molar-refractivity contribution in [3.05, 3.63) is 49.3 Å². The lowest BCUT2D eigenvalue weighted by Gasteiger charge is -1.98. The number of halogens is 1. The molecule has 0 aliphatic heterocycles. The number of benzene rings is 1. The van der Waals surface area contributed by atoms with Crippen molar-refractivity contribution < 1.29 is 9.72 Å². The molecule has 15 heavy (non-hydrogen) atoms. The third-order valence-electron chi connectivity index (χ3n) is 1.52. The molecule has 0 unspecified atom stereocenters. The molecule has 0 aromatic heterocycles. The average molecular weight is 227 g/mol. The Hall–Kier alpha value is -2.11. The highest BCUT2D eigenvalue weighted by Gasteiger charge is 2.19. The van der Waals surface area contributed by atoms with Crippen LogP contribution in [0.25, 0.3) is 10.4 Å². The summed E-state index contributed by atoms with van der Waals surface area (Å²) in [6.07, 6.45) is 0. The average Bonchev–Trinajstić information content (AvgIpc) is 2.17. The van der Waals surface area contributed by atoms with Crippen LogP contribution >= 0.6 is 11.6 Å². The Morgan fingerprint density at radius 2 is 2.27 bits per heavy atom. The first kappa shape index (κ1) is 11.0. The lowest BCUT2D eigenvalue weighted by molar-refractivity contribution is -0.385. The van der Waals surface area contributed by atoms with Crippen molar-refractivity contribution in [2.75, 3.05) is 0 Å². The first-order chi connectivity index (χ1) is 7.06. The van der Waals surface area contributed by atoms with Gasteiger partial charge in [-0.3, -0.25) is 14.9 Å². The molecule has 0 heterocycles. The summed E-state index contributed by atoms with van der Waals surface area (Å²) in [5.74, 6) is -1.01. The summed E-state index contributed by atoms with van der Waals surface area (Å²) in [4.78, 5) is 23.1. The van der Waals surface area contributed by atoms with E-state index in [4.69, 9.17) is 17.1 Å². The Morgan fingerprint density at radius 3 is 2.80 bits per heavy atom. The van der Waals surface area contributed by atoms with Gasteiger partial charge in [-0.2, -0.15) is 0 Å². The van der Waals surface area contributed by atoms with E-state index in [0.717, 1.165) is 12.1 Å². The summed E-state index contributed by atoms with van der Waals surface area (Å²) in [6, 6.07) is 3.45. The van der Waals surface area contributed by atoms with Crippen LogP contribution < -0.4 is 0 Å². The molecule has 1 rings (SSSR count). The minimum absolute atomic E-state index is 0.124. The van der Waals surface area contributed by atoms with E-state index in [1.165, 1.54) is 6.07 Å². The van der Waals surface area contributed by atoms with Gasteiger partial charge in [-0.05, 0) is 22.8 Å². The molecule has 0 saturated carbocycles. The van der Waals surface area contributed by atoms with Crippen LogP contribution in [-0.4, -0.2) is 10.8 Å². The van der Waals surface area contributed by atoms with Crippen LogP contribution in [-0.2, 0) is 0 Å². The zero-order chi connectivity index (χ0) is 11.4. The summed E-state index contributed by atoms with van der Waals surface area (Å²) in [5.41, 5.74) is 7.25. The number of carbonyl (C=O) groups is 1. The Labute approximate surface area is 88.0 Å². The summed E-state index contributed by atoms with van der Waals surface area (Å²) in [7, 11) is 0. The molecule has 0 spiro atoms. The van der Waals surface area contributed by atoms with E-state index in [-0.39, 0.29) is 10.6 Å². The Morgan fingerprint density at radius 1 is 1.60 bits per heavy atom. The fourth-order valence-corrected chi connectivity index (χ4v) is 1.10. The number of amides is 1. The van der Waals surface area contributed by atoms with Crippen LogP contribution in [0.1, 0.15) is 10.4 Å². The van der Waals surface area contributed by atoms with Crippen molar-refractivity contribution in [1.82, 2.24) is 0 Å². The molecule has 0 saturated heterocycles. The van der Waals surface area contributed by atoms with Gasteiger partial charge in [0.2, 0.25) is 0 Å². The molecule has 8 heteroatoms. The smallest absolute Gasteiger partial charge is 0.281 e. The van der Waals surface area contributed by atoms with Gasteiger partial charge < -0.3 is 0 Å². The lowest BCUT2D eigenvalue weighted by Crippen LogP contribution is -2.00. The maximum absolute atomic E-state index is 11.1. The van der Waals surface area contributed by atoms with E-state index >= 15 is 0 Å². The van der Waals surface area contributed by atoms with Crippen LogP contribution in [0.5, 0.6) is 0 Å². The maximum Gasteiger partial charge on any atom is 0.281 e. The molecular weight excluding hydrogens is 224 g/mol. The van der Waals surface area contributed by atoms with E-state index in [1.54, 1.807) is 0 Å². The molecule has 0 aliphatic rings. The molecule has 1 aromatic carbocycles. The van der Waals surface area contributed by atoms with Gasteiger partial charge in [-0.15, -0.1) is 0 Å².